The van der Waals surface area contributed by atoms with Crippen LogP contribution in [0.25, 0.3) is 12.2 Å². The first kappa shape index (κ1) is 13.6. The predicted molar refractivity (Wildman–Crippen MR) is 87.1 cm³/mol. The molecule has 2 heteroatoms. The lowest BCUT2D eigenvalue weighted by Gasteiger charge is -2.03. The van der Waals surface area contributed by atoms with E-state index in [1.807, 2.05) is 0 Å². The minimum absolute atomic E-state index is 0.883. The van der Waals surface area contributed by atoms with Gasteiger partial charge in [-0.3, -0.25) is 0 Å². The Kier molecular flexibility index (Phi) is 5.21. The highest BCUT2D eigenvalue weighted by molar-refractivity contribution is 9.08. The van der Waals surface area contributed by atoms with Gasteiger partial charge in [-0.2, -0.15) is 0 Å². The predicted octanol–water partition coefficient (Wildman–Crippen LogP) is 5.65. The molecule has 2 aromatic carbocycles. The third-order valence-corrected chi connectivity index (χ3v) is 4.05. The smallest absolute Gasteiger partial charge is 0.0288 e. The molecule has 2 rings (SSSR count). The first-order chi connectivity index (χ1) is 8.85. The van der Waals surface area contributed by atoms with Crippen molar-refractivity contribution in [3.63, 3.8) is 0 Å². The van der Waals surface area contributed by atoms with E-state index in [2.05, 4.69) is 92.5 Å². The summed E-state index contributed by atoms with van der Waals surface area (Å²) < 4.78 is 0. The Balaban J connectivity index is 2.30. The maximum atomic E-state index is 3.52. The number of rotatable bonds is 4. The Bertz CT molecular complexity index is 495. The van der Waals surface area contributed by atoms with E-state index in [-0.39, 0.29) is 0 Å². The van der Waals surface area contributed by atoms with Crippen LogP contribution in [0.5, 0.6) is 0 Å². The molecule has 0 atom stereocenters. The quantitative estimate of drug-likeness (QED) is 0.485. The Morgan fingerprint density at radius 2 is 1.06 bits per heavy atom. The van der Waals surface area contributed by atoms with Crippen molar-refractivity contribution in [1.29, 1.82) is 0 Å². The minimum Gasteiger partial charge on any atom is -0.0876 e. The molecule has 2 aromatic rings. The van der Waals surface area contributed by atoms with Gasteiger partial charge in [0.15, 0.2) is 0 Å². The summed E-state index contributed by atoms with van der Waals surface area (Å²) in [4.78, 5) is 0. The van der Waals surface area contributed by atoms with Crippen LogP contribution in [-0.2, 0) is 10.7 Å². The first-order valence-corrected chi connectivity index (χ1v) is 8.05. The van der Waals surface area contributed by atoms with Crippen LogP contribution in [-0.4, -0.2) is 0 Å². The van der Waals surface area contributed by atoms with Gasteiger partial charge in [-0.05, 0) is 22.3 Å². The van der Waals surface area contributed by atoms with Gasteiger partial charge in [0.2, 0.25) is 0 Å². The van der Waals surface area contributed by atoms with Crippen LogP contribution in [0.15, 0.2) is 48.5 Å². The van der Waals surface area contributed by atoms with Crippen molar-refractivity contribution >= 4 is 44.0 Å². The first-order valence-electron chi connectivity index (χ1n) is 5.81. The summed E-state index contributed by atoms with van der Waals surface area (Å²) in [6.45, 7) is 0. The third kappa shape index (κ3) is 3.33. The van der Waals surface area contributed by atoms with Gasteiger partial charge in [-0.25, -0.2) is 0 Å². The molecule has 0 heterocycles. The summed E-state index contributed by atoms with van der Waals surface area (Å²) in [5.41, 5.74) is 5.15. The second kappa shape index (κ2) is 6.91. The van der Waals surface area contributed by atoms with E-state index in [0.717, 1.165) is 10.7 Å². The van der Waals surface area contributed by atoms with E-state index in [1.165, 1.54) is 22.3 Å². The topological polar surface area (TPSA) is 0 Å². The zero-order valence-corrected chi connectivity index (χ0v) is 13.1. The summed E-state index contributed by atoms with van der Waals surface area (Å²) in [5, 5.41) is 1.77. The Morgan fingerprint density at radius 3 is 1.44 bits per heavy atom. The lowest BCUT2D eigenvalue weighted by molar-refractivity contribution is 1.40. The Morgan fingerprint density at radius 1 is 0.667 bits per heavy atom. The molecule has 0 aliphatic heterocycles. The van der Waals surface area contributed by atoms with Gasteiger partial charge in [0, 0.05) is 10.7 Å². The molecule has 0 aliphatic rings. The number of alkyl halides is 2. The van der Waals surface area contributed by atoms with E-state index in [4.69, 9.17) is 0 Å². The van der Waals surface area contributed by atoms with Crippen molar-refractivity contribution in [1.82, 2.24) is 0 Å². The van der Waals surface area contributed by atoms with Gasteiger partial charge in [-0.1, -0.05) is 92.5 Å². The average molecular weight is 366 g/mol. The van der Waals surface area contributed by atoms with Crippen molar-refractivity contribution in [3.05, 3.63) is 70.8 Å². The van der Waals surface area contributed by atoms with Gasteiger partial charge >= 0.3 is 0 Å². The van der Waals surface area contributed by atoms with Crippen molar-refractivity contribution in [2.24, 2.45) is 0 Å². The van der Waals surface area contributed by atoms with E-state index in [9.17, 15) is 0 Å². The molecule has 92 valence electrons. The highest BCUT2D eigenvalue weighted by Gasteiger charge is 1.98. The molecule has 18 heavy (non-hydrogen) atoms. The lowest BCUT2D eigenvalue weighted by atomic mass is 10.0. The van der Waals surface area contributed by atoms with Gasteiger partial charge in [0.1, 0.15) is 0 Å². The normalized spacial score (nSPS) is 11.0. The van der Waals surface area contributed by atoms with Gasteiger partial charge < -0.3 is 0 Å². The lowest BCUT2D eigenvalue weighted by Crippen LogP contribution is -1.85. The monoisotopic (exact) mass is 364 g/mol. The van der Waals surface area contributed by atoms with Crippen LogP contribution < -0.4 is 0 Å². The van der Waals surface area contributed by atoms with E-state index in [0.29, 0.717) is 0 Å². The van der Waals surface area contributed by atoms with E-state index < -0.39 is 0 Å². The molecule has 0 amide bonds. The highest BCUT2D eigenvalue weighted by atomic mass is 79.9. The van der Waals surface area contributed by atoms with Crippen molar-refractivity contribution in [2.75, 3.05) is 0 Å². The Labute approximate surface area is 125 Å². The van der Waals surface area contributed by atoms with Crippen molar-refractivity contribution in [3.8, 4) is 0 Å². The second-order valence-corrected chi connectivity index (χ2v) is 5.12. The van der Waals surface area contributed by atoms with Crippen LogP contribution in [0.1, 0.15) is 22.3 Å². The Hall–Kier alpha value is -0.860. The fourth-order valence-corrected chi connectivity index (χ4v) is 2.84. The molecule has 0 unspecified atom stereocenters. The number of hydrogen-bond acceptors (Lipinski definition) is 0. The zero-order valence-electron chi connectivity index (χ0n) is 9.94. The fraction of sp³-hybridized carbons (Fsp3) is 0.125. The number of benzene rings is 2. The van der Waals surface area contributed by atoms with Gasteiger partial charge in [0.25, 0.3) is 0 Å². The molecule has 0 radical (unpaired) electrons. The maximum absolute atomic E-state index is 3.52. The molecule has 0 aromatic heterocycles. The standard InChI is InChI=1S/C16H14Br2/c17-11-15-7-3-1-5-13(15)9-10-14-6-2-4-8-16(14)12-18/h1-10H,11-12H2. The molecule has 0 N–H and O–H groups in total. The average Bonchev–Trinajstić information content (AvgIpc) is 2.45. The second-order valence-electron chi connectivity index (χ2n) is 4.00. The summed E-state index contributed by atoms with van der Waals surface area (Å²) in [6.07, 6.45) is 4.36. The molecule has 0 aliphatic carbocycles. The maximum Gasteiger partial charge on any atom is 0.0288 e. The fourth-order valence-electron chi connectivity index (χ4n) is 1.82. The molecule has 0 saturated heterocycles. The summed E-state index contributed by atoms with van der Waals surface area (Å²) in [5.74, 6) is 0. The SMILES string of the molecule is BrCc1ccccc1C=Cc1ccccc1CBr. The molecular formula is C16H14Br2. The molecule has 0 bridgehead atoms. The third-order valence-electron chi connectivity index (χ3n) is 2.84. The number of hydrogen-bond donors (Lipinski definition) is 0. The molecule has 0 fully saturated rings. The highest BCUT2D eigenvalue weighted by Crippen LogP contribution is 2.18. The van der Waals surface area contributed by atoms with Crippen molar-refractivity contribution < 1.29 is 0 Å². The van der Waals surface area contributed by atoms with Crippen LogP contribution in [0.4, 0.5) is 0 Å². The summed E-state index contributed by atoms with van der Waals surface area (Å²) in [7, 11) is 0. The van der Waals surface area contributed by atoms with Crippen LogP contribution in [0.3, 0.4) is 0 Å². The van der Waals surface area contributed by atoms with E-state index in [1.54, 1.807) is 0 Å². The van der Waals surface area contributed by atoms with Crippen LogP contribution >= 0.6 is 31.9 Å². The minimum atomic E-state index is 0.883. The largest absolute Gasteiger partial charge is 0.0876 e. The number of halogens is 2. The zero-order chi connectivity index (χ0) is 12.8. The summed E-state index contributed by atoms with van der Waals surface area (Å²) >= 11 is 7.04. The van der Waals surface area contributed by atoms with Gasteiger partial charge in [0.05, 0.1) is 0 Å². The summed E-state index contributed by atoms with van der Waals surface area (Å²) in [6, 6.07) is 16.9. The van der Waals surface area contributed by atoms with Crippen LogP contribution in [0, 0.1) is 0 Å². The van der Waals surface area contributed by atoms with Gasteiger partial charge in [-0.15, -0.1) is 0 Å². The van der Waals surface area contributed by atoms with Crippen LogP contribution in [0.2, 0.25) is 0 Å². The molecule has 0 saturated carbocycles. The molecule has 0 spiro atoms. The molecular weight excluding hydrogens is 352 g/mol. The van der Waals surface area contributed by atoms with E-state index >= 15 is 0 Å². The van der Waals surface area contributed by atoms with Crippen molar-refractivity contribution in [2.45, 2.75) is 10.7 Å². The molecule has 0 nitrogen and oxygen atoms in total.